The van der Waals surface area contributed by atoms with Crippen molar-refractivity contribution in [3.63, 3.8) is 0 Å². The lowest BCUT2D eigenvalue weighted by atomic mass is 9.93. The van der Waals surface area contributed by atoms with Crippen LogP contribution in [0.4, 0.5) is 20.6 Å². The minimum Gasteiger partial charge on any atom is -0.490 e. The Morgan fingerprint density at radius 1 is 0.773 bits per heavy atom. The van der Waals surface area contributed by atoms with Crippen molar-refractivity contribution in [3.8, 4) is 17.2 Å². The van der Waals surface area contributed by atoms with Gasteiger partial charge in [-0.2, -0.15) is 0 Å². The molecule has 0 saturated heterocycles. The second kappa shape index (κ2) is 14.2. The molecule has 1 fully saturated rings. The number of hydrogen-bond donors (Lipinski definition) is 4. The molecule has 0 atom stereocenters. The van der Waals surface area contributed by atoms with E-state index in [9.17, 15) is 23.9 Å². The van der Waals surface area contributed by atoms with E-state index in [1.807, 2.05) is 24.3 Å². The average molecular weight is 598 g/mol. The summed E-state index contributed by atoms with van der Waals surface area (Å²) in [6.45, 7) is 0. The fourth-order valence-corrected chi connectivity index (χ4v) is 4.99. The lowest BCUT2D eigenvalue weighted by Crippen LogP contribution is -2.41. The Morgan fingerprint density at radius 2 is 1.43 bits per heavy atom. The van der Waals surface area contributed by atoms with Gasteiger partial charge in [0, 0.05) is 11.7 Å². The van der Waals surface area contributed by atoms with Crippen LogP contribution in [0.15, 0.2) is 97.1 Å². The number of carboxylic acids is 1. The Bertz CT molecular complexity index is 1600. The molecular formula is C34H32FN3O6. The number of halogens is 1. The number of carboxylic acid groups (broad SMARTS) is 1. The molecule has 10 heteroatoms. The first-order chi connectivity index (χ1) is 21.3. The van der Waals surface area contributed by atoms with E-state index >= 15 is 0 Å². The molecule has 0 spiro atoms. The van der Waals surface area contributed by atoms with Crippen LogP contribution in [0.2, 0.25) is 0 Å². The fourth-order valence-electron chi connectivity index (χ4n) is 4.99. The summed E-state index contributed by atoms with van der Waals surface area (Å²) in [6, 6.07) is 26.1. The lowest BCUT2D eigenvalue weighted by Gasteiger charge is -2.29. The standard InChI is InChI=1S/C34H32FN3O6/c35-23-4-3-5-25(21-23)37-34(42)36-24-10-14-27(15-11-24)44-29-18-16-28(17-19-29)43-26-12-8-22(9-13-26)20-32(39)38-31-7-2-1-6-30(31)33(40)41/h1-9,12-13,16-19,21,24,27H,10-11,14-15,20H2,(H,38,39)(H,40,41)(H2,36,37,42). The predicted octanol–water partition coefficient (Wildman–Crippen LogP) is 7.01. The maximum atomic E-state index is 13.3. The average Bonchev–Trinajstić information content (AvgIpc) is 3.00. The van der Waals surface area contributed by atoms with Gasteiger partial charge in [0.2, 0.25) is 5.91 Å². The molecule has 0 unspecified atom stereocenters. The van der Waals surface area contributed by atoms with Crippen molar-refractivity contribution in [2.24, 2.45) is 0 Å². The van der Waals surface area contributed by atoms with Gasteiger partial charge in [-0.05, 0) is 98.0 Å². The third-order valence-corrected chi connectivity index (χ3v) is 7.17. The van der Waals surface area contributed by atoms with E-state index in [1.54, 1.807) is 54.6 Å². The van der Waals surface area contributed by atoms with Crippen LogP contribution in [0.3, 0.4) is 0 Å². The highest BCUT2D eigenvalue weighted by molar-refractivity contribution is 6.01. The number of nitrogens with one attached hydrogen (secondary N) is 3. The van der Waals surface area contributed by atoms with Crippen molar-refractivity contribution < 1.29 is 33.4 Å². The topological polar surface area (TPSA) is 126 Å². The van der Waals surface area contributed by atoms with Gasteiger partial charge in [-0.25, -0.2) is 14.0 Å². The molecule has 5 rings (SSSR count). The molecule has 3 amide bonds. The number of urea groups is 1. The van der Waals surface area contributed by atoms with Crippen molar-refractivity contribution in [2.45, 2.75) is 44.2 Å². The lowest BCUT2D eigenvalue weighted by molar-refractivity contribution is -0.115. The van der Waals surface area contributed by atoms with Crippen LogP contribution < -0.4 is 25.4 Å². The minimum absolute atomic E-state index is 0.0219. The third kappa shape index (κ3) is 8.57. The monoisotopic (exact) mass is 597 g/mol. The maximum Gasteiger partial charge on any atom is 0.337 e. The smallest absolute Gasteiger partial charge is 0.337 e. The summed E-state index contributed by atoms with van der Waals surface area (Å²) in [4.78, 5) is 36.1. The Kier molecular flexibility index (Phi) is 9.71. The number of para-hydroxylation sites is 1. The Hall–Kier alpha value is -5.38. The zero-order valence-electron chi connectivity index (χ0n) is 23.8. The number of aromatic carboxylic acids is 1. The van der Waals surface area contributed by atoms with Gasteiger partial charge in [0.25, 0.3) is 0 Å². The molecule has 0 aliphatic heterocycles. The number of amides is 3. The zero-order chi connectivity index (χ0) is 30.9. The number of carbonyl (C=O) groups excluding carboxylic acids is 2. The molecule has 9 nitrogen and oxygen atoms in total. The van der Waals surface area contributed by atoms with Crippen molar-refractivity contribution in [1.29, 1.82) is 0 Å². The summed E-state index contributed by atoms with van der Waals surface area (Å²) in [5.41, 5.74) is 1.45. The van der Waals surface area contributed by atoms with Crippen LogP contribution in [-0.2, 0) is 11.2 Å². The Labute approximate surface area is 254 Å². The van der Waals surface area contributed by atoms with E-state index in [4.69, 9.17) is 9.47 Å². The molecular weight excluding hydrogens is 565 g/mol. The van der Waals surface area contributed by atoms with E-state index in [-0.39, 0.29) is 41.8 Å². The van der Waals surface area contributed by atoms with Gasteiger partial charge in [-0.3, -0.25) is 4.79 Å². The molecule has 4 N–H and O–H groups in total. The normalized spacial score (nSPS) is 15.9. The van der Waals surface area contributed by atoms with Gasteiger partial charge in [0.15, 0.2) is 0 Å². The number of carbonyl (C=O) groups is 3. The quantitative estimate of drug-likeness (QED) is 0.156. The number of hydrogen-bond acceptors (Lipinski definition) is 5. The zero-order valence-corrected chi connectivity index (χ0v) is 23.8. The van der Waals surface area contributed by atoms with Crippen LogP contribution in [0.25, 0.3) is 0 Å². The van der Waals surface area contributed by atoms with E-state index in [1.165, 1.54) is 18.2 Å². The summed E-state index contributed by atoms with van der Waals surface area (Å²) >= 11 is 0. The van der Waals surface area contributed by atoms with Gasteiger partial charge in [-0.15, -0.1) is 0 Å². The van der Waals surface area contributed by atoms with E-state index in [2.05, 4.69) is 16.0 Å². The van der Waals surface area contributed by atoms with Gasteiger partial charge < -0.3 is 30.5 Å². The second-order valence-corrected chi connectivity index (χ2v) is 10.5. The SMILES string of the molecule is O=C(Cc1ccc(Oc2ccc(OC3CCC(NC(=O)Nc4cccc(F)c4)CC3)cc2)cc1)Nc1ccccc1C(=O)O. The molecule has 4 aromatic rings. The first-order valence-electron chi connectivity index (χ1n) is 14.3. The van der Waals surface area contributed by atoms with Crippen molar-refractivity contribution in [2.75, 3.05) is 10.6 Å². The van der Waals surface area contributed by atoms with Crippen molar-refractivity contribution in [1.82, 2.24) is 5.32 Å². The minimum atomic E-state index is -1.11. The summed E-state index contributed by atoms with van der Waals surface area (Å²) in [5, 5.41) is 17.6. The summed E-state index contributed by atoms with van der Waals surface area (Å²) in [7, 11) is 0. The first kappa shape index (κ1) is 30.1. The van der Waals surface area contributed by atoms with E-state index in [0.717, 1.165) is 37.0 Å². The summed E-state index contributed by atoms with van der Waals surface area (Å²) in [5.74, 6) is 0.127. The van der Waals surface area contributed by atoms with Crippen molar-refractivity contribution >= 4 is 29.3 Å². The molecule has 44 heavy (non-hydrogen) atoms. The van der Waals surface area contributed by atoms with Crippen LogP contribution in [0.5, 0.6) is 17.2 Å². The van der Waals surface area contributed by atoms with Gasteiger partial charge >= 0.3 is 12.0 Å². The highest BCUT2D eigenvalue weighted by atomic mass is 19.1. The van der Waals surface area contributed by atoms with Crippen LogP contribution in [-0.4, -0.2) is 35.2 Å². The third-order valence-electron chi connectivity index (χ3n) is 7.17. The Balaban J connectivity index is 1.04. The molecule has 0 heterocycles. The largest absolute Gasteiger partial charge is 0.490 e. The predicted molar refractivity (Wildman–Crippen MR) is 164 cm³/mol. The van der Waals surface area contributed by atoms with Crippen LogP contribution in [0, 0.1) is 5.82 Å². The number of anilines is 2. The van der Waals surface area contributed by atoms with Crippen molar-refractivity contribution in [3.05, 3.63) is 114 Å². The van der Waals surface area contributed by atoms with Crippen LogP contribution >= 0.6 is 0 Å². The number of benzene rings is 4. The molecule has 1 saturated carbocycles. The molecule has 1 aliphatic rings. The summed E-state index contributed by atoms with van der Waals surface area (Å²) < 4.78 is 25.4. The summed E-state index contributed by atoms with van der Waals surface area (Å²) in [6.07, 6.45) is 3.25. The fraction of sp³-hybridized carbons (Fsp3) is 0.206. The molecule has 226 valence electrons. The molecule has 4 aromatic carbocycles. The molecule has 0 aromatic heterocycles. The van der Waals surface area contributed by atoms with Gasteiger partial charge in [0.05, 0.1) is 23.8 Å². The molecule has 0 bridgehead atoms. The van der Waals surface area contributed by atoms with Gasteiger partial charge in [-0.1, -0.05) is 30.3 Å². The highest BCUT2D eigenvalue weighted by Crippen LogP contribution is 2.28. The van der Waals surface area contributed by atoms with E-state index < -0.39 is 11.8 Å². The van der Waals surface area contributed by atoms with E-state index in [0.29, 0.717) is 17.2 Å². The highest BCUT2D eigenvalue weighted by Gasteiger charge is 2.24. The molecule has 1 aliphatic carbocycles. The maximum absolute atomic E-state index is 13.3. The number of rotatable bonds is 10. The number of ether oxygens (including phenoxy) is 2. The second-order valence-electron chi connectivity index (χ2n) is 10.5. The van der Waals surface area contributed by atoms with Gasteiger partial charge in [0.1, 0.15) is 23.1 Å². The Morgan fingerprint density at radius 3 is 2.11 bits per heavy atom. The van der Waals surface area contributed by atoms with Crippen LogP contribution in [0.1, 0.15) is 41.6 Å². The first-order valence-corrected chi connectivity index (χ1v) is 14.3. The molecule has 0 radical (unpaired) electrons.